The van der Waals surface area contributed by atoms with Crippen LogP contribution in [0.2, 0.25) is 0 Å². The zero-order chi connectivity index (χ0) is 20.9. The van der Waals surface area contributed by atoms with E-state index in [4.69, 9.17) is 0 Å². The summed E-state index contributed by atoms with van der Waals surface area (Å²) in [5, 5.41) is 2.33. The highest BCUT2D eigenvalue weighted by Gasteiger charge is 2.28. The number of hydrogen-bond acceptors (Lipinski definition) is 5. The Kier molecular flexibility index (Phi) is 6.28. The molecule has 9 heteroatoms. The van der Waals surface area contributed by atoms with Crippen molar-refractivity contribution in [1.29, 1.82) is 0 Å². The zero-order valence-electron chi connectivity index (χ0n) is 15.1. The minimum Gasteiger partial charge on any atom is -0.468 e. The number of pyridine rings is 1. The monoisotopic (exact) mass is 419 g/mol. The van der Waals surface area contributed by atoms with E-state index in [-0.39, 0.29) is 18.0 Å². The summed E-state index contributed by atoms with van der Waals surface area (Å²) in [5.41, 5.74) is 1.86. The number of hydrogen-bond donors (Lipinski definition) is 0. The maximum absolute atomic E-state index is 12.9. The van der Waals surface area contributed by atoms with Crippen molar-refractivity contribution in [2.45, 2.75) is 6.18 Å². The highest BCUT2D eigenvalue weighted by atomic mass is 32.1. The zero-order valence-corrected chi connectivity index (χ0v) is 15.9. The third-order valence-electron chi connectivity index (χ3n) is 3.72. The van der Waals surface area contributed by atoms with E-state index in [0.29, 0.717) is 5.13 Å². The lowest BCUT2D eigenvalue weighted by molar-refractivity contribution is -0.154. The Labute approximate surface area is 169 Å². The average molecular weight is 419 g/mol. The number of carbonyl (C=O) groups is 1. The molecule has 29 heavy (non-hydrogen) atoms. The fraction of sp³-hybridized carbons (Fsp3) is 0.150. The Morgan fingerprint density at radius 3 is 2.59 bits per heavy atom. The van der Waals surface area contributed by atoms with E-state index in [1.165, 1.54) is 34.6 Å². The number of nitrogens with zero attached hydrogens (tertiary/aromatic N) is 3. The third-order valence-corrected chi connectivity index (χ3v) is 4.58. The van der Waals surface area contributed by atoms with Gasteiger partial charge in [0.2, 0.25) is 5.88 Å². The predicted molar refractivity (Wildman–Crippen MR) is 105 cm³/mol. The van der Waals surface area contributed by atoms with Crippen molar-refractivity contribution in [3.05, 3.63) is 72.3 Å². The molecule has 0 aliphatic carbocycles. The van der Waals surface area contributed by atoms with Crippen LogP contribution >= 0.6 is 11.3 Å². The molecule has 2 heterocycles. The first-order valence-corrected chi connectivity index (χ1v) is 9.34. The summed E-state index contributed by atoms with van der Waals surface area (Å²) < 4.78 is 41.2. The van der Waals surface area contributed by atoms with Gasteiger partial charge in [0, 0.05) is 29.8 Å². The van der Waals surface area contributed by atoms with Gasteiger partial charge in [-0.3, -0.25) is 9.69 Å². The summed E-state index contributed by atoms with van der Waals surface area (Å²) in [6, 6.07) is 12.1. The number of thiazole rings is 1. The van der Waals surface area contributed by atoms with Gasteiger partial charge in [0.1, 0.15) is 0 Å². The van der Waals surface area contributed by atoms with Gasteiger partial charge in [-0.25, -0.2) is 9.97 Å². The first-order valence-electron chi connectivity index (χ1n) is 8.46. The van der Waals surface area contributed by atoms with Gasteiger partial charge in [-0.15, -0.1) is 17.9 Å². The Balaban J connectivity index is 1.78. The Bertz CT molecular complexity index is 973. The van der Waals surface area contributed by atoms with Gasteiger partial charge in [0.25, 0.3) is 5.91 Å². The molecule has 0 fully saturated rings. The molecule has 0 saturated carbocycles. The van der Waals surface area contributed by atoms with Gasteiger partial charge in [-0.1, -0.05) is 36.4 Å². The Morgan fingerprint density at radius 1 is 1.21 bits per heavy atom. The number of ether oxygens (including phenoxy) is 1. The lowest BCUT2D eigenvalue weighted by Gasteiger charge is -2.18. The average Bonchev–Trinajstić information content (AvgIpc) is 3.20. The fourth-order valence-corrected chi connectivity index (χ4v) is 3.25. The minimum absolute atomic E-state index is 0.197. The molecule has 3 aromatic rings. The van der Waals surface area contributed by atoms with Gasteiger partial charge in [-0.05, 0) is 6.07 Å². The molecule has 0 bridgehead atoms. The van der Waals surface area contributed by atoms with E-state index in [1.807, 2.05) is 35.7 Å². The molecule has 0 unspecified atom stereocenters. The maximum atomic E-state index is 12.9. The molecule has 150 valence electrons. The molecule has 0 radical (unpaired) electrons. The number of anilines is 1. The number of carbonyl (C=O) groups excluding carboxylic acids is 1. The molecule has 0 saturated heterocycles. The van der Waals surface area contributed by atoms with Crippen LogP contribution in [-0.4, -0.2) is 35.2 Å². The third kappa shape index (κ3) is 5.41. The summed E-state index contributed by atoms with van der Waals surface area (Å²) in [7, 11) is 0. The molecule has 1 amide bonds. The second-order valence-corrected chi connectivity index (χ2v) is 6.71. The molecule has 1 aromatic carbocycles. The van der Waals surface area contributed by atoms with E-state index in [1.54, 1.807) is 6.08 Å². The van der Waals surface area contributed by atoms with Crippen LogP contribution in [0.1, 0.15) is 10.4 Å². The van der Waals surface area contributed by atoms with Crippen molar-refractivity contribution in [2.75, 3.05) is 18.1 Å². The smallest absolute Gasteiger partial charge is 0.422 e. The molecule has 5 nitrogen and oxygen atoms in total. The van der Waals surface area contributed by atoms with Crippen LogP contribution in [0.25, 0.3) is 11.3 Å². The number of rotatable bonds is 7. The minimum atomic E-state index is -4.46. The van der Waals surface area contributed by atoms with Gasteiger partial charge >= 0.3 is 6.18 Å². The van der Waals surface area contributed by atoms with Crippen molar-refractivity contribution in [1.82, 2.24) is 9.97 Å². The van der Waals surface area contributed by atoms with E-state index >= 15 is 0 Å². The van der Waals surface area contributed by atoms with Gasteiger partial charge in [0.05, 0.1) is 11.3 Å². The summed E-state index contributed by atoms with van der Waals surface area (Å²) >= 11 is 1.31. The largest absolute Gasteiger partial charge is 0.468 e. The first kappa shape index (κ1) is 20.5. The fourth-order valence-electron chi connectivity index (χ4n) is 2.41. The number of alkyl halides is 3. The van der Waals surface area contributed by atoms with Crippen molar-refractivity contribution in [3.63, 3.8) is 0 Å². The SMILES string of the molecule is C=CCN(C(=O)c1ccc(OCC(F)(F)F)nc1)c1nc(-c2ccccc2)cs1. The predicted octanol–water partition coefficient (Wildman–Crippen LogP) is 4.98. The number of benzene rings is 1. The summed E-state index contributed by atoms with van der Waals surface area (Å²) in [4.78, 5) is 22.6. The van der Waals surface area contributed by atoms with E-state index in [9.17, 15) is 18.0 Å². The highest BCUT2D eigenvalue weighted by Crippen LogP contribution is 2.28. The molecule has 2 aromatic heterocycles. The van der Waals surface area contributed by atoms with Crippen LogP contribution in [-0.2, 0) is 0 Å². The van der Waals surface area contributed by atoms with Gasteiger partial charge in [0.15, 0.2) is 11.7 Å². The summed E-state index contributed by atoms with van der Waals surface area (Å²) in [6.45, 7) is 2.44. The van der Waals surface area contributed by atoms with Crippen LogP contribution in [0, 0.1) is 0 Å². The molecule has 0 aliphatic heterocycles. The number of amides is 1. The Hall–Kier alpha value is -3.20. The second kappa shape index (κ2) is 8.87. The molecular formula is C20H16F3N3O2S. The lowest BCUT2D eigenvalue weighted by Crippen LogP contribution is -2.31. The molecule has 0 N–H and O–H groups in total. The molecule has 0 spiro atoms. The first-order chi connectivity index (χ1) is 13.9. The second-order valence-electron chi connectivity index (χ2n) is 5.87. The van der Waals surface area contributed by atoms with E-state index < -0.39 is 18.7 Å². The van der Waals surface area contributed by atoms with Crippen LogP contribution in [0.4, 0.5) is 18.3 Å². The topological polar surface area (TPSA) is 55.3 Å². The number of aromatic nitrogens is 2. The highest BCUT2D eigenvalue weighted by molar-refractivity contribution is 7.14. The number of halogens is 3. The van der Waals surface area contributed by atoms with Crippen LogP contribution in [0.3, 0.4) is 0 Å². The van der Waals surface area contributed by atoms with Crippen molar-refractivity contribution in [2.24, 2.45) is 0 Å². The van der Waals surface area contributed by atoms with E-state index in [2.05, 4.69) is 21.3 Å². The van der Waals surface area contributed by atoms with Gasteiger partial charge < -0.3 is 4.74 Å². The quantitative estimate of drug-likeness (QED) is 0.507. The van der Waals surface area contributed by atoms with Crippen LogP contribution < -0.4 is 9.64 Å². The van der Waals surface area contributed by atoms with Crippen molar-refractivity contribution >= 4 is 22.4 Å². The standard InChI is InChI=1S/C20H16F3N3O2S/c1-2-10-26(19-25-16(12-29-19)14-6-4-3-5-7-14)18(27)15-8-9-17(24-11-15)28-13-20(21,22)23/h2-9,11-12H,1,10,13H2. The van der Waals surface area contributed by atoms with Crippen LogP contribution in [0.15, 0.2) is 66.7 Å². The van der Waals surface area contributed by atoms with E-state index in [0.717, 1.165) is 11.3 Å². The van der Waals surface area contributed by atoms with Crippen molar-refractivity contribution < 1.29 is 22.7 Å². The normalized spacial score (nSPS) is 11.1. The Morgan fingerprint density at radius 2 is 1.97 bits per heavy atom. The molecule has 0 aliphatic rings. The molecule has 0 atom stereocenters. The van der Waals surface area contributed by atoms with Crippen LogP contribution in [0.5, 0.6) is 5.88 Å². The summed E-state index contributed by atoms with van der Waals surface area (Å²) in [6.07, 6.45) is -1.72. The lowest BCUT2D eigenvalue weighted by atomic mass is 10.2. The van der Waals surface area contributed by atoms with Gasteiger partial charge in [-0.2, -0.15) is 13.2 Å². The molecular weight excluding hydrogens is 403 g/mol. The summed E-state index contributed by atoms with van der Waals surface area (Å²) in [5.74, 6) is -0.608. The van der Waals surface area contributed by atoms with Crippen molar-refractivity contribution in [3.8, 4) is 17.1 Å². The molecule has 3 rings (SSSR count). The maximum Gasteiger partial charge on any atom is 0.422 e.